The van der Waals surface area contributed by atoms with Crippen LogP contribution in [0.15, 0.2) is 30.5 Å². The second kappa shape index (κ2) is 8.29. The molecule has 0 aliphatic heterocycles. The second-order valence-corrected chi connectivity index (χ2v) is 6.98. The lowest BCUT2D eigenvalue weighted by Gasteiger charge is -2.16. The number of H-pyrrole nitrogens is 1. The van der Waals surface area contributed by atoms with Crippen LogP contribution in [0.1, 0.15) is 28.9 Å². The number of nitrogens with zero attached hydrogens (tertiary/aromatic N) is 2. The number of aromatic amines is 1. The van der Waals surface area contributed by atoms with E-state index < -0.39 is 12.0 Å². The Morgan fingerprint density at radius 1 is 1.29 bits per heavy atom. The summed E-state index contributed by atoms with van der Waals surface area (Å²) in [5.74, 6) is -0.634. The molecule has 28 heavy (non-hydrogen) atoms. The van der Waals surface area contributed by atoms with Crippen LogP contribution in [0, 0.1) is 13.8 Å². The van der Waals surface area contributed by atoms with Crippen molar-refractivity contribution in [1.29, 1.82) is 0 Å². The van der Waals surface area contributed by atoms with Crippen LogP contribution < -0.4 is 5.32 Å². The first-order valence-electron chi connectivity index (χ1n) is 9.32. The number of hydrogen-bond acceptors (Lipinski definition) is 4. The Bertz CT molecular complexity index is 1000. The van der Waals surface area contributed by atoms with E-state index >= 15 is 0 Å². The lowest BCUT2D eigenvalue weighted by atomic mass is 10.0. The number of fused-ring (bicyclic) bond motifs is 1. The Morgan fingerprint density at radius 2 is 2.04 bits per heavy atom. The number of carbonyl (C=O) groups is 2. The number of carbonyl (C=O) groups excluding carboxylic acids is 2. The molecule has 7 heteroatoms. The van der Waals surface area contributed by atoms with Gasteiger partial charge in [-0.05, 0) is 37.5 Å². The predicted octanol–water partition coefficient (Wildman–Crippen LogP) is 2.35. The van der Waals surface area contributed by atoms with Gasteiger partial charge in [-0.3, -0.25) is 9.48 Å². The van der Waals surface area contributed by atoms with Crippen molar-refractivity contribution in [3.8, 4) is 0 Å². The topological polar surface area (TPSA) is 89.0 Å². The van der Waals surface area contributed by atoms with Crippen molar-refractivity contribution in [2.45, 2.75) is 39.2 Å². The summed E-state index contributed by atoms with van der Waals surface area (Å²) in [5.41, 5.74) is 5.01. The van der Waals surface area contributed by atoms with Crippen LogP contribution in [-0.2, 0) is 34.2 Å². The van der Waals surface area contributed by atoms with Crippen molar-refractivity contribution in [1.82, 2.24) is 20.1 Å². The van der Waals surface area contributed by atoms with Gasteiger partial charge in [0.15, 0.2) is 0 Å². The maximum absolute atomic E-state index is 12.5. The lowest BCUT2D eigenvalue weighted by molar-refractivity contribution is -0.145. The summed E-state index contributed by atoms with van der Waals surface area (Å²) in [6.45, 7) is 3.93. The predicted molar refractivity (Wildman–Crippen MR) is 107 cm³/mol. The molecule has 0 aliphatic rings. The van der Waals surface area contributed by atoms with Crippen molar-refractivity contribution in [3.05, 3.63) is 53.0 Å². The van der Waals surface area contributed by atoms with Crippen LogP contribution in [0.5, 0.6) is 0 Å². The van der Waals surface area contributed by atoms with E-state index in [0.717, 1.165) is 33.4 Å². The van der Waals surface area contributed by atoms with Gasteiger partial charge in [0.25, 0.3) is 0 Å². The summed E-state index contributed by atoms with van der Waals surface area (Å²) in [4.78, 5) is 27.9. The van der Waals surface area contributed by atoms with Crippen LogP contribution in [0.3, 0.4) is 0 Å². The molecule has 148 valence electrons. The Labute approximate surface area is 164 Å². The third-order valence-electron chi connectivity index (χ3n) is 5.18. The zero-order chi connectivity index (χ0) is 20.3. The first-order chi connectivity index (χ1) is 13.4. The Balaban J connectivity index is 1.68. The van der Waals surface area contributed by atoms with Gasteiger partial charge in [0, 0.05) is 42.7 Å². The summed E-state index contributed by atoms with van der Waals surface area (Å²) < 4.78 is 6.72. The van der Waals surface area contributed by atoms with Crippen molar-refractivity contribution >= 4 is 22.8 Å². The molecule has 0 spiro atoms. The van der Waals surface area contributed by atoms with Crippen molar-refractivity contribution in [2.24, 2.45) is 7.05 Å². The van der Waals surface area contributed by atoms with Gasteiger partial charge in [-0.2, -0.15) is 5.10 Å². The quantitative estimate of drug-likeness (QED) is 0.614. The number of benzene rings is 1. The van der Waals surface area contributed by atoms with E-state index in [0.29, 0.717) is 12.8 Å². The lowest BCUT2D eigenvalue weighted by Crippen LogP contribution is -2.43. The molecule has 0 saturated carbocycles. The fraction of sp³-hybridized carbons (Fsp3) is 0.381. The maximum Gasteiger partial charge on any atom is 0.328 e. The zero-order valence-electron chi connectivity index (χ0n) is 16.7. The number of hydrogen-bond donors (Lipinski definition) is 2. The van der Waals surface area contributed by atoms with Gasteiger partial charge in [0.2, 0.25) is 5.91 Å². The Kier molecular flexibility index (Phi) is 5.82. The first kappa shape index (κ1) is 19.7. The molecular formula is C21H26N4O3. The fourth-order valence-corrected chi connectivity index (χ4v) is 3.54. The van der Waals surface area contributed by atoms with Crippen molar-refractivity contribution in [3.63, 3.8) is 0 Å². The fourth-order valence-electron chi connectivity index (χ4n) is 3.54. The van der Waals surface area contributed by atoms with Crippen LogP contribution in [0.2, 0.25) is 0 Å². The van der Waals surface area contributed by atoms with Gasteiger partial charge in [-0.25, -0.2) is 4.79 Å². The summed E-state index contributed by atoms with van der Waals surface area (Å²) in [5, 5.41) is 8.24. The van der Waals surface area contributed by atoms with Gasteiger partial charge in [-0.1, -0.05) is 18.2 Å². The van der Waals surface area contributed by atoms with E-state index in [2.05, 4.69) is 15.4 Å². The molecule has 0 bridgehead atoms. The van der Waals surface area contributed by atoms with Crippen molar-refractivity contribution < 1.29 is 14.3 Å². The van der Waals surface area contributed by atoms with Crippen LogP contribution in [0.4, 0.5) is 0 Å². The van der Waals surface area contributed by atoms with Gasteiger partial charge in [-0.15, -0.1) is 0 Å². The number of methoxy groups -OCH3 is 1. The van der Waals surface area contributed by atoms with Crippen molar-refractivity contribution in [2.75, 3.05) is 7.11 Å². The number of esters is 1. The first-order valence-corrected chi connectivity index (χ1v) is 9.32. The Hall–Kier alpha value is -3.09. The number of aromatic nitrogens is 3. The van der Waals surface area contributed by atoms with Crippen LogP contribution in [0.25, 0.3) is 10.9 Å². The highest BCUT2D eigenvalue weighted by atomic mass is 16.5. The summed E-state index contributed by atoms with van der Waals surface area (Å²) in [6.07, 6.45) is 3.11. The van der Waals surface area contributed by atoms with Gasteiger partial charge in [0.05, 0.1) is 12.8 Å². The molecule has 7 nitrogen and oxygen atoms in total. The molecule has 0 fully saturated rings. The monoisotopic (exact) mass is 382 g/mol. The molecule has 2 heterocycles. The smallest absolute Gasteiger partial charge is 0.328 e. The molecule has 3 aromatic rings. The molecule has 2 N–H and O–H groups in total. The zero-order valence-corrected chi connectivity index (χ0v) is 16.7. The molecule has 2 aromatic heterocycles. The van der Waals surface area contributed by atoms with E-state index in [-0.39, 0.29) is 12.3 Å². The summed E-state index contributed by atoms with van der Waals surface area (Å²) in [7, 11) is 3.22. The minimum absolute atomic E-state index is 0.183. The molecule has 1 amide bonds. The summed E-state index contributed by atoms with van der Waals surface area (Å²) >= 11 is 0. The number of para-hydroxylation sites is 1. The average Bonchev–Trinajstić information content (AvgIpc) is 3.19. The van der Waals surface area contributed by atoms with E-state index in [4.69, 9.17) is 4.74 Å². The highest BCUT2D eigenvalue weighted by Crippen LogP contribution is 2.19. The Morgan fingerprint density at radius 3 is 2.71 bits per heavy atom. The molecule has 1 aromatic carbocycles. The van der Waals surface area contributed by atoms with Crippen LogP contribution in [-0.4, -0.2) is 39.8 Å². The molecule has 1 unspecified atom stereocenters. The highest BCUT2D eigenvalue weighted by molar-refractivity contribution is 5.87. The largest absolute Gasteiger partial charge is 0.467 e. The summed E-state index contributed by atoms with van der Waals surface area (Å²) in [6, 6.07) is 7.14. The number of ether oxygens (including phenoxy) is 1. The molecule has 1 atom stereocenters. The molecule has 0 saturated heterocycles. The van der Waals surface area contributed by atoms with E-state index in [1.165, 1.54) is 7.11 Å². The molecule has 0 radical (unpaired) electrons. The standard InChI is InChI=1S/C21H26N4O3/c1-13-16(14(2)25(3)24-13)9-10-20(26)23-19(21(27)28-4)11-15-12-22-18-8-6-5-7-17(15)18/h5-8,12,19,22H,9-11H2,1-4H3,(H,23,26). The minimum Gasteiger partial charge on any atom is -0.467 e. The van der Waals surface area contributed by atoms with Gasteiger partial charge in [0.1, 0.15) is 6.04 Å². The number of nitrogens with one attached hydrogen (secondary N) is 2. The minimum atomic E-state index is -0.729. The third-order valence-corrected chi connectivity index (χ3v) is 5.18. The second-order valence-electron chi connectivity index (χ2n) is 6.98. The highest BCUT2D eigenvalue weighted by Gasteiger charge is 2.23. The maximum atomic E-state index is 12.5. The van der Waals surface area contributed by atoms with Gasteiger partial charge >= 0.3 is 5.97 Å². The van der Waals surface area contributed by atoms with Gasteiger partial charge < -0.3 is 15.0 Å². The third kappa shape index (κ3) is 4.08. The number of rotatable bonds is 7. The SMILES string of the molecule is COC(=O)C(Cc1c[nH]c2ccccc12)NC(=O)CCc1c(C)nn(C)c1C. The van der Waals surface area contributed by atoms with E-state index in [9.17, 15) is 9.59 Å². The van der Waals surface area contributed by atoms with E-state index in [1.807, 2.05) is 56.0 Å². The molecular weight excluding hydrogens is 356 g/mol. The van der Waals surface area contributed by atoms with Crippen LogP contribution >= 0.6 is 0 Å². The average molecular weight is 382 g/mol. The van der Waals surface area contributed by atoms with E-state index in [1.54, 1.807) is 0 Å². The number of aryl methyl sites for hydroxylation is 2. The molecule has 3 rings (SSSR count). The molecule has 0 aliphatic carbocycles. The number of amides is 1. The normalized spacial score (nSPS) is 12.1.